The first-order chi connectivity index (χ1) is 11.0. The fraction of sp³-hybridized carbons (Fsp3) is 0.267. The highest BCUT2D eigenvalue weighted by Gasteiger charge is 2.12. The molecule has 1 aromatic rings. The lowest BCUT2D eigenvalue weighted by molar-refractivity contribution is -0.116. The van der Waals surface area contributed by atoms with Gasteiger partial charge in [0.25, 0.3) is 5.91 Å². The summed E-state index contributed by atoms with van der Waals surface area (Å²) in [6.45, 7) is 0.726. The fourth-order valence-electron chi connectivity index (χ4n) is 1.67. The van der Waals surface area contributed by atoms with Crippen molar-refractivity contribution in [2.75, 3.05) is 25.5 Å². The number of nitriles is 1. The van der Waals surface area contributed by atoms with Crippen molar-refractivity contribution in [1.82, 2.24) is 4.90 Å². The van der Waals surface area contributed by atoms with Crippen LogP contribution in [-0.2, 0) is 9.59 Å². The lowest BCUT2D eigenvalue weighted by Crippen LogP contribution is -2.22. The molecular weight excluding hydrogens is 320 g/mol. The van der Waals surface area contributed by atoms with Crippen LogP contribution in [0.25, 0.3) is 0 Å². The monoisotopic (exact) mass is 336 g/mol. The molecule has 0 spiro atoms. The van der Waals surface area contributed by atoms with Crippen molar-refractivity contribution in [2.24, 2.45) is 5.73 Å². The highest BCUT2D eigenvalue weighted by Crippen LogP contribution is 2.27. The SMILES string of the molecule is COc1ccc(NC(=O)/C(C#N)=C\N(C=O)CCCN)cc1Cl. The number of nitrogens with one attached hydrogen (secondary N) is 1. The molecule has 0 heterocycles. The van der Waals surface area contributed by atoms with E-state index in [2.05, 4.69) is 5.32 Å². The van der Waals surface area contributed by atoms with Gasteiger partial charge in [0.2, 0.25) is 6.41 Å². The van der Waals surface area contributed by atoms with Crippen LogP contribution >= 0.6 is 11.6 Å². The van der Waals surface area contributed by atoms with E-state index in [1.807, 2.05) is 0 Å². The number of nitrogens with zero attached hydrogens (tertiary/aromatic N) is 2. The molecule has 0 aliphatic carbocycles. The first-order valence-corrected chi connectivity index (χ1v) is 7.11. The molecule has 0 aliphatic heterocycles. The molecule has 23 heavy (non-hydrogen) atoms. The number of methoxy groups -OCH3 is 1. The summed E-state index contributed by atoms with van der Waals surface area (Å²) in [7, 11) is 1.48. The molecule has 1 rings (SSSR count). The Balaban J connectivity index is 2.86. The quantitative estimate of drug-likeness (QED) is 0.425. The Morgan fingerprint density at radius 1 is 1.57 bits per heavy atom. The largest absolute Gasteiger partial charge is 0.495 e. The maximum Gasteiger partial charge on any atom is 0.267 e. The molecule has 1 aromatic carbocycles. The molecule has 0 fully saturated rings. The summed E-state index contributed by atoms with van der Waals surface area (Å²) in [6, 6.07) is 6.44. The summed E-state index contributed by atoms with van der Waals surface area (Å²) in [5.41, 5.74) is 5.56. The van der Waals surface area contributed by atoms with Gasteiger partial charge in [0.15, 0.2) is 0 Å². The third-order valence-corrected chi connectivity index (χ3v) is 3.12. The molecular formula is C15H17ClN4O3. The molecule has 2 amide bonds. The number of anilines is 1. The summed E-state index contributed by atoms with van der Waals surface area (Å²) in [6.07, 6.45) is 2.28. The highest BCUT2D eigenvalue weighted by atomic mass is 35.5. The highest BCUT2D eigenvalue weighted by molar-refractivity contribution is 6.32. The van der Waals surface area contributed by atoms with Gasteiger partial charge in [-0.1, -0.05) is 11.6 Å². The first-order valence-electron chi connectivity index (χ1n) is 6.73. The number of carbonyl (C=O) groups is 2. The molecule has 0 radical (unpaired) electrons. The van der Waals surface area contributed by atoms with Crippen LogP contribution < -0.4 is 15.8 Å². The van der Waals surface area contributed by atoms with E-state index >= 15 is 0 Å². The van der Waals surface area contributed by atoms with Crippen molar-refractivity contribution in [2.45, 2.75) is 6.42 Å². The first kappa shape index (κ1) is 18.5. The third-order valence-electron chi connectivity index (χ3n) is 2.83. The predicted molar refractivity (Wildman–Crippen MR) is 86.8 cm³/mol. The molecule has 8 heteroatoms. The van der Waals surface area contributed by atoms with Crippen molar-refractivity contribution in [1.29, 1.82) is 5.26 Å². The van der Waals surface area contributed by atoms with Gasteiger partial charge in [0, 0.05) is 18.4 Å². The second-order valence-electron chi connectivity index (χ2n) is 4.44. The summed E-state index contributed by atoms with van der Waals surface area (Å²) in [5.74, 6) is -0.178. The van der Waals surface area contributed by atoms with Crippen LogP contribution in [0.4, 0.5) is 5.69 Å². The van der Waals surface area contributed by atoms with Crippen molar-refractivity contribution < 1.29 is 14.3 Å². The smallest absolute Gasteiger partial charge is 0.267 e. The normalized spacial score (nSPS) is 10.6. The molecule has 0 atom stereocenters. The van der Waals surface area contributed by atoms with Crippen LogP contribution in [0.2, 0.25) is 5.02 Å². The lowest BCUT2D eigenvalue weighted by Gasteiger charge is -2.12. The van der Waals surface area contributed by atoms with Gasteiger partial charge in [-0.3, -0.25) is 9.59 Å². The minimum absolute atomic E-state index is 0.207. The van der Waals surface area contributed by atoms with Crippen LogP contribution in [0.15, 0.2) is 30.0 Å². The standard InChI is InChI=1S/C15H17ClN4O3/c1-23-14-4-3-12(7-13(14)16)19-15(22)11(8-18)9-20(10-21)6-2-5-17/h3-4,7,9-10H,2,5-6,17H2,1H3,(H,19,22)/b11-9-. The summed E-state index contributed by atoms with van der Waals surface area (Å²) in [4.78, 5) is 24.2. The predicted octanol–water partition coefficient (Wildman–Crippen LogP) is 1.50. The third kappa shape index (κ3) is 5.62. The zero-order valence-electron chi connectivity index (χ0n) is 12.6. The second kappa shape index (κ2) is 9.46. The van der Waals surface area contributed by atoms with Crippen molar-refractivity contribution in [3.63, 3.8) is 0 Å². The van der Waals surface area contributed by atoms with Gasteiger partial charge >= 0.3 is 0 Å². The Labute approximate surface area is 139 Å². The number of halogens is 1. The van der Waals surface area contributed by atoms with Gasteiger partial charge in [-0.15, -0.1) is 0 Å². The van der Waals surface area contributed by atoms with Crippen LogP contribution in [0.5, 0.6) is 5.75 Å². The van der Waals surface area contributed by atoms with Gasteiger partial charge in [-0.2, -0.15) is 5.26 Å². The number of amides is 2. The molecule has 3 N–H and O–H groups in total. The molecule has 7 nitrogen and oxygen atoms in total. The van der Waals surface area contributed by atoms with Crippen molar-refractivity contribution in [3.8, 4) is 11.8 Å². The Bertz CT molecular complexity index is 640. The number of rotatable bonds is 8. The van der Waals surface area contributed by atoms with Crippen molar-refractivity contribution >= 4 is 29.6 Å². The maximum atomic E-state index is 12.1. The van der Waals surface area contributed by atoms with Crippen LogP contribution in [0.1, 0.15) is 6.42 Å². The Morgan fingerprint density at radius 3 is 2.83 bits per heavy atom. The van der Waals surface area contributed by atoms with E-state index in [1.54, 1.807) is 18.2 Å². The number of ether oxygens (including phenoxy) is 1. The fourth-order valence-corrected chi connectivity index (χ4v) is 1.93. The van der Waals surface area contributed by atoms with Gasteiger partial charge in [-0.25, -0.2) is 0 Å². The molecule has 0 saturated heterocycles. The number of carbonyl (C=O) groups excluding carboxylic acids is 2. The van der Waals surface area contributed by atoms with Crippen molar-refractivity contribution in [3.05, 3.63) is 35.0 Å². The average Bonchev–Trinajstić information content (AvgIpc) is 2.55. The molecule has 0 saturated carbocycles. The lowest BCUT2D eigenvalue weighted by atomic mass is 10.2. The zero-order valence-corrected chi connectivity index (χ0v) is 13.3. The Hall–Kier alpha value is -2.56. The number of benzene rings is 1. The van der Waals surface area contributed by atoms with E-state index in [-0.39, 0.29) is 5.57 Å². The van der Waals surface area contributed by atoms with E-state index in [0.717, 1.165) is 0 Å². The molecule has 122 valence electrons. The van der Waals surface area contributed by atoms with Gasteiger partial charge < -0.3 is 20.7 Å². The molecule has 0 bridgehead atoms. The van der Waals surface area contributed by atoms with E-state index in [4.69, 9.17) is 27.3 Å². The number of hydrogen-bond donors (Lipinski definition) is 2. The second-order valence-corrected chi connectivity index (χ2v) is 4.85. The van der Waals surface area contributed by atoms with Crippen LogP contribution in [0.3, 0.4) is 0 Å². The summed E-state index contributed by atoms with van der Waals surface area (Å²) in [5, 5.41) is 11.9. The van der Waals surface area contributed by atoms with E-state index in [1.165, 1.54) is 24.3 Å². The minimum atomic E-state index is -0.645. The van der Waals surface area contributed by atoms with Crippen LogP contribution in [-0.4, -0.2) is 37.4 Å². The average molecular weight is 337 g/mol. The summed E-state index contributed by atoms with van der Waals surface area (Å²) >= 11 is 5.97. The zero-order chi connectivity index (χ0) is 17.2. The van der Waals surface area contributed by atoms with E-state index in [9.17, 15) is 9.59 Å². The van der Waals surface area contributed by atoms with Gasteiger partial charge in [0.05, 0.1) is 12.1 Å². The van der Waals surface area contributed by atoms with E-state index in [0.29, 0.717) is 42.4 Å². The van der Waals surface area contributed by atoms with Gasteiger partial charge in [-0.05, 0) is 31.2 Å². The Kier molecular flexibility index (Phi) is 7.60. The molecule has 0 unspecified atom stereocenters. The number of hydrogen-bond acceptors (Lipinski definition) is 5. The van der Waals surface area contributed by atoms with Crippen LogP contribution in [0, 0.1) is 11.3 Å². The summed E-state index contributed by atoms with van der Waals surface area (Å²) < 4.78 is 5.01. The Morgan fingerprint density at radius 2 is 2.30 bits per heavy atom. The number of nitrogens with two attached hydrogens (primary N) is 1. The minimum Gasteiger partial charge on any atom is -0.495 e. The topological polar surface area (TPSA) is 108 Å². The van der Waals surface area contributed by atoms with Gasteiger partial charge in [0.1, 0.15) is 17.4 Å². The molecule has 0 aliphatic rings. The van der Waals surface area contributed by atoms with E-state index < -0.39 is 5.91 Å². The molecule has 0 aromatic heterocycles. The maximum absolute atomic E-state index is 12.1.